The Labute approximate surface area is 142 Å². The molecule has 122 valence electrons. The number of nitrogens with zero attached hydrogens (tertiary/aromatic N) is 1. The van der Waals surface area contributed by atoms with E-state index in [4.69, 9.17) is 4.74 Å². The van der Waals surface area contributed by atoms with Crippen molar-refractivity contribution in [2.24, 2.45) is 0 Å². The minimum absolute atomic E-state index is 0.292. The van der Waals surface area contributed by atoms with E-state index < -0.39 is 0 Å². The van der Waals surface area contributed by atoms with E-state index in [1.807, 2.05) is 18.2 Å². The first kappa shape index (κ1) is 15.0. The van der Waals surface area contributed by atoms with Gasteiger partial charge < -0.3 is 14.4 Å². The van der Waals surface area contributed by atoms with Gasteiger partial charge in [0.1, 0.15) is 5.75 Å². The molecule has 1 atom stereocenters. The number of phenols is 1. The summed E-state index contributed by atoms with van der Waals surface area (Å²) in [5.41, 5.74) is 6.20. The Morgan fingerprint density at radius 3 is 2.50 bits per heavy atom. The summed E-state index contributed by atoms with van der Waals surface area (Å²) in [4.78, 5) is 0. The lowest BCUT2D eigenvalue weighted by atomic mass is 9.95. The number of ether oxygens (including phenoxy) is 1. The van der Waals surface area contributed by atoms with Crippen LogP contribution in [-0.2, 0) is 17.6 Å². The summed E-state index contributed by atoms with van der Waals surface area (Å²) in [7, 11) is 1.80. The standard InChI is InChI=1S/C21H21NO2/c1-24-19-11-12-20-16(13-19)14-21(15-5-3-2-4-6-15)22(20)17-7-9-18(23)10-8-17/h2-10,14,19,23H,11-13H2,1H3. The largest absolute Gasteiger partial charge is 0.508 e. The second-order valence-corrected chi connectivity index (χ2v) is 6.32. The van der Waals surface area contributed by atoms with E-state index in [1.54, 1.807) is 19.2 Å². The van der Waals surface area contributed by atoms with Gasteiger partial charge in [0.05, 0.1) is 11.8 Å². The van der Waals surface area contributed by atoms with E-state index in [1.165, 1.54) is 22.5 Å². The summed E-state index contributed by atoms with van der Waals surface area (Å²) in [6, 6.07) is 20.2. The molecule has 1 aliphatic carbocycles. The summed E-state index contributed by atoms with van der Waals surface area (Å²) in [6.07, 6.45) is 3.30. The first-order valence-electron chi connectivity index (χ1n) is 8.37. The average molecular weight is 319 g/mol. The molecule has 3 aromatic rings. The maximum atomic E-state index is 9.62. The van der Waals surface area contributed by atoms with Crippen LogP contribution in [0.2, 0.25) is 0 Å². The lowest BCUT2D eigenvalue weighted by Crippen LogP contribution is -2.21. The molecular weight excluding hydrogens is 298 g/mol. The van der Waals surface area contributed by atoms with Gasteiger partial charge in [-0.3, -0.25) is 0 Å². The van der Waals surface area contributed by atoms with Crippen molar-refractivity contribution in [1.29, 1.82) is 0 Å². The van der Waals surface area contributed by atoms with Crippen molar-refractivity contribution in [1.82, 2.24) is 4.57 Å². The second kappa shape index (κ2) is 6.17. The zero-order chi connectivity index (χ0) is 16.5. The van der Waals surface area contributed by atoms with E-state index in [9.17, 15) is 5.11 Å². The van der Waals surface area contributed by atoms with E-state index in [0.29, 0.717) is 11.9 Å². The molecule has 0 saturated carbocycles. The number of benzene rings is 2. The fraction of sp³-hybridized carbons (Fsp3) is 0.238. The number of aromatic hydroxyl groups is 1. The minimum atomic E-state index is 0.292. The molecule has 0 bridgehead atoms. The van der Waals surface area contributed by atoms with Crippen LogP contribution in [0.3, 0.4) is 0 Å². The van der Waals surface area contributed by atoms with Gasteiger partial charge in [-0.15, -0.1) is 0 Å². The monoisotopic (exact) mass is 319 g/mol. The van der Waals surface area contributed by atoms with E-state index in [-0.39, 0.29) is 0 Å². The van der Waals surface area contributed by atoms with Gasteiger partial charge >= 0.3 is 0 Å². The number of rotatable bonds is 3. The Hall–Kier alpha value is -2.52. The highest BCUT2D eigenvalue weighted by atomic mass is 16.5. The molecule has 1 aliphatic rings. The third-order valence-electron chi connectivity index (χ3n) is 4.85. The van der Waals surface area contributed by atoms with Crippen molar-refractivity contribution >= 4 is 0 Å². The SMILES string of the molecule is COC1CCc2c(cc(-c3ccccc3)n2-c2ccc(O)cc2)C1. The first-order valence-corrected chi connectivity index (χ1v) is 8.37. The average Bonchev–Trinajstić information content (AvgIpc) is 3.01. The minimum Gasteiger partial charge on any atom is -0.508 e. The van der Waals surface area contributed by atoms with Gasteiger partial charge in [-0.05, 0) is 54.3 Å². The van der Waals surface area contributed by atoms with Crippen molar-refractivity contribution < 1.29 is 9.84 Å². The molecule has 0 radical (unpaired) electrons. The van der Waals surface area contributed by atoms with Crippen LogP contribution in [0.15, 0.2) is 60.7 Å². The van der Waals surface area contributed by atoms with Gasteiger partial charge in [0.2, 0.25) is 0 Å². The third kappa shape index (κ3) is 2.61. The Morgan fingerprint density at radius 1 is 1.04 bits per heavy atom. The molecule has 1 unspecified atom stereocenters. The molecule has 1 N–H and O–H groups in total. The summed E-state index contributed by atoms with van der Waals surface area (Å²) >= 11 is 0. The molecule has 0 aliphatic heterocycles. The van der Waals surface area contributed by atoms with E-state index >= 15 is 0 Å². The van der Waals surface area contributed by atoms with Gasteiger partial charge in [0, 0.05) is 24.9 Å². The van der Waals surface area contributed by atoms with Crippen molar-refractivity contribution in [2.75, 3.05) is 7.11 Å². The molecule has 24 heavy (non-hydrogen) atoms. The molecule has 0 spiro atoms. The normalized spacial score (nSPS) is 16.8. The first-order chi connectivity index (χ1) is 11.8. The zero-order valence-electron chi connectivity index (χ0n) is 13.8. The summed E-state index contributed by atoms with van der Waals surface area (Å²) in [5.74, 6) is 0.292. The molecule has 0 fully saturated rings. The molecule has 3 nitrogen and oxygen atoms in total. The molecule has 1 heterocycles. The number of hydrogen-bond donors (Lipinski definition) is 1. The summed E-state index contributed by atoms with van der Waals surface area (Å²) in [6.45, 7) is 0. The van der Waals surface area contributed by atoms with Gasteiger partial charge in [0.15, 0.2) is 0 Å². The number of aromatic nitrogens is 1. The third-order valence-corrected chi connectivity index (χ3v) is 4.85. The smallest absolute Gasteiger partial charge is 0.115 e. The molecule has 0 saturated heterocycles. The Kier molecular flexibility index (Phi) is 3.87. The Balaban J connectivity index is 1.89. The fourth-order valence-electron chi connectivity index (χ4n) is 3.62. The number of fused-ring (bicyclic) bond motifs is 1. The van der Waals surface area contributed by atoms with Crippen LogP contribution in [0.5, 0.6) is 5.75 Å². The predicted octanol–water partition coefficient (Wildman–Crippen LogP) is 4.35. The molecule has 1 aromatic heterocycles. The topological polar surface area (TPSA) is 34.4 Å². The van der Waals surface area contributed by atoms with Crippen LogP contribution in [0, 0.1) is 0 Å². The molecule has 2 aromatic carbocycles. The highest BCUT2D eigenvalue weighted by Gasteiger charge is 2.25. The lowest BCUT2D eigenvalue weighted by Gasteiger charge is -2.23. The van der Waals surface area contributed by atoms with Crippen LogP contribution in [0.1, 0.15) is 17.7 Å². The quantitative estimate of drug-likeness (QED) is 0.778. The van der Waals surface area contributed by atoms with Crippen LogP contribution in [-0.4, -0.2) is 22.9 Å². The summed E-state index contributed by atoms with van der Waals surface area (Å²) < 4.78 is 7.91. The summed E-state index contributed by atoms with van der Waals surface area (Å²) in [5, 5.41) is 9.62. The van der Waals surface area contributed by atoms with Crippen molar-refractivity contribution in [3.8, 4) is 22.7 Å². The van der Waals surface area contributed by atoms with E-state index in [0.717, 1.165) is 24.9 Å². The van der Waals surface area contributed by atoms with E-state index in [2.05, 4.69) is 34.9 Å². The number of methoxy groups -OCH3 is 1. The Bertz CT molecular complexity index is 834. The zero-order valence-corrected chi connectivity index (χ0v) is 13.8. The molecule has 3 heteroatoms. The highest BCUT2D eigenvalue weighted by molar-refractivity contribution is 5.66. The second-order valence-electron chi connectivity index (χ2n) is 6.32. The number of phenolic OH excluding ortho intramolecular Hbond substituents is 1. The maximum Gasteiger partial charge on any atom is 0.115 e. The lowest BCUT2D eigenvalue weighted by molar-refractivity contribution is 0.0906. The highest BCUT2D eigenvalue weighted by Crippen LogP contribution is 2.34. The van der Waals surface area contributed by atoms with Crippen molar-refractivity contribution in [3.05, 3.63) is 71.9 Å². The number of hydrogen-bond acceptors (Lipinski definition) is 2. The molecular formula is C21H21NO2. The predicted molar refractivity (Wildman–Crippen MR) is 95.7 cm³/mol. The van der Waals surface area contributed by atoms with Crippen LogP contribution >= 0.6 is 0 Å². The fourth-order valence-corrected chi connectivity index (χ4v) is 3.62. The molecule has 4 rings (SSSR count). The van der Waals surface area contributed by atoms with Gasteiger partial charge in [-0.1, -0.05) is 30.3 Å². The van der Waals surface area contributed by atoms with Crippen molar-refractivity contribution in [3.63, 3.8) is 0 Å². The molecule has 0 amide bonds. The van der Waals surface area contributed by atoms with Crippen LogP contribution < -0.4 is 0 Å². The maximum absolute atomic E-state index is 9.62. The van der Waals surface area contributed by atoms with Gasteiger partial charge in [-0.2, -0.15) is 0 Å². The van der Waals surface area contributed by atoms with Crippen LogP contribution in [0.25, 0.3) is 16.9 Å². The van der Waals surface area contributed by atoms with Crippen LogP contribution in [0.4, 0.5) is 0 Å². The van der Waals surface area contributed by atoms with Gasteiger partial charge in [0.25, 0.3) is 0 Å². The Morgan fingerprint density at radius 2 is 1.79 bits per heavy atom. The van der Waals surface area contributed by atoms with Crippen molar-refractivity contribution in [2.45, 2.75) is 25.4 Å². The van der Waals surface area contributed by atoms with Gasteiger partial charge in [-0.25, -0.2) is 0 Å².